The van der Waals surface area contributed by atoms with Crippen LogP contribution in [0.1, 0.15) is 27.2 Å². The average molecular weight is 156 g/mol. The van der Waals surface area contributed by atoms with Crippen molar-refractivity contribution in [2.75, 3.05) is 13.1 Å². The molecule has 0 aromatic heterocycles. The lowest BCUT2D eigenvalue weighted by Gasteiger charge is -2.21. The van der Waals surface area contributed by atoms with Gasteiger partial charge in [-0.1, -0.05) is 0 Å². The molecular formula is C9H20N2. The lowest BCUT2D eigenvalue weighted by atomic mass is 10.0. The molecule has 0 spiro atoms. The molecule has 0 amide bonds. The van der Waals surface area contributed by atoms with Crippen molar-refractivity contribution in [2.24, 2.45) is 11.7 Å². The van der Waals surface area contributed by atoms with Crippen LogP contribution in [-0.4, -0.2) is 30.1 Å². The number of hydrogen-bond donors (Lipinski definition) is 1. The number of likely N-dealkylation sites (tertiary alicyclic amines) is 1. The van der Waals surface area contributed by atoms with Gasteiger partial charge in [-0.05, 0) is 39.7 Å². The SMILES string of the molecule is CC(N)[C@@H]1CCN(C(C)C)C1. The van der Waals surface area contributed by atoms with Crippen molar-refractivity contribution < 1.29 is 0 Å². The maximum Gasteiger partial charge on any atom is 0.00514 e. The Balaban J connectivity index is 2.35. The van der Waals surface area contributed by atoms with E-state index < -0.39 is 0 Å². The maximum atomic E-state index is 5.83. The van der Waals surface area contributed by atoms with Gasteiger partial charge in [0.15, 0.2) is 0 Å². The van der Waals surface area contributed by atoms with E-state index in [1.165, 1.54) is 19.5 Å². The second kappa shape index (κ2) is 3.55. The van der Waals surface area contributed by atoms with Gasteiger partial charge in [0.25, 0.3) is 0 Å². The van der Waals surface area contributed by atoms with Gasteiger partial charge in [-0.15, -0.1) is 0 Å². The first-order chi connectivity index (χ1) is 5.11. The molecule has 2 atom stereocenters. The highest BCUT2D eigenvalue weighted by Crippen LogP contribution is 2.20. The fourth-order valence-corrected chi connectivity index (χ4v) is 1.71. The molecule has 1 unspecified atom stereocenters. The summed E-state index contributed by atoms with van der Waals surface area (Å²) < 4.78 is 0. The molecule has 1 fully saturated rings. The van der Waals surface area contributed by atoms with Crippen LogP contribution < -0.4 is 5.73 Å². The van der Waals surface area contributed by atoms with Crippen LogP contribution in [0.3, 0.4) is 0 Å². The number of hydrogen-bond acceptors (Lipinski definition) is 2. The Labute approximate surface area is 69.8 Å². The second-order valence-corrected chi connectivity index (χ2v) is 4.00. The molecule has 0 aliphatic carbocycles. The fraction of sp³-hybridized carbons (Fsp3) is 1.00. The van der Waals surface area contributed by atoms with Gasteiger partial charge in [-0.3, -0.25) is 0 Å². The molecule has 0 saturated carbocycles. The van der Waals surface area contributed by atoms with Gasteiger partial charge >= 0.3 is 0 Å². The zero-order valence-corrected chi connectivity index (χ0v) is 7.88. The fourth-order valence-electron chi connectivity index (χ4n) is 1.71. The van der Waals surface area contributed by atoms with Gasteiger partial charge in [0, 0.05) is 18.6 Å². The molecule has 66 valence electrons. The first kappa shape index (κ1) is 9.01. The monoisotopic (exact) mass is 156 g/mol. The Morgan fingerprint density at radius 2 is 2.00 bits per heavy atom. The van der Waals surface area contributed by atoms with Crippen molar-refractivity contribution in [1.29, 1.82) is 0 Å². The molecule has 0 aromatic carbocycles. The van der Waals surface area contributed by atoms with Gasteiger partial charge < -0.3 is 10.6 Å². The van der Waals surface area contributed by atoms with Crippen molar-refractivity contribution >= 4 is 0 Å². The van der Waals surface area contributed by atoms with Crippen LogP contribution in [-0.2, 0) is 0 Å². The van der Waals surface area contributed by atoms with Crippen LogP contribution in [0.4, 0.5) is 0 Å². The first-order valence-corrected chi connectivity index (χ1v) is 4.61. The summed E-state index contributed by atoms with van der Waals surface area (Å²) in [4.78, 5) is 2.51. The van der Waals surface area contributed by atoms with E-state index in [1.54, 1.807) is 0 Å². The van der Waals surface area contributed by atoms with Crippen LogP contribution in [0, 0.1) is 5.92 Å². The molecule has 2 heteroatoms. The molecule has 11 heavy (non-hydrogen) atoms. The molecular weight excluding hydrogens is 136 g/mol. The molecule has 0 bridgehead atoms. The zero-order chi connectivity index (χ0) is 8.43. The highest BCUT2D eigenvalue weighted by molar-refractivity contribution is 4.82. The van der Waals surface area contributed by atoms with Crippen LogP contribution >= 0.6 is 0 Å². The van der Waals surface area contributed by atoms with Crippen molar-refractivity contribution in [2.45, 2.75) is 39.3 Å². The predicted molar refractivity (Wildman–Crippen MR) is 48.5 cm³/mol. The van der Waals surface area contributed by atoms with Gasteiger partial charge in [0.2, 0.25) is 0 Å². The van der Waals surface area contributed by atoms with Gasteiger partial charge in [0.05, 0.1) is 0 Å². The summed E-state index contributed by atoms with van der Waals surface area (Å²) in [6.07, 6.45) is 1.29. The number of nitrogens with zero attached hydrogens (tertiary/aromatic N) is 1. The summed E-state index contributed by atoms with van der Waals surface area (Å²) in [5.41, 5.74) is 5.83. The minimum absolute atomic E-state index is 0.374. The smallest absolute Gasteiger partial charge is 0.00514 e. The third-order valence-electron chi connectivity index (χ3n) is 2.73. The normalized spacial score (nSPS) is 29.7. The minimum Gasteiger partial charge on any atom is -0.328 e. The van der Waals surface area contributed by atoms with Gasteiger partial charge in [-0.25, -0.2) is 0 Å². The molecule has 1 heterocycles. The Kier molecular flexibility index (Phi) is 2.90. The molecule has 0 radical (unpaired) electrons. The zero-order valence-electron chi connectivity index (χ0n) is 7.88. The summed E-state index contributed by atoms with van der Waals surface area (Å²) in [5, 5.41) is 0. The molecule has 1 rings (SSSR count). The number of rotatable bonds is 2. The van der Waals surface area contributed by atoms with Crippen molar-refractivity contribution in [3.05, 3.63) is 0 Å². The molecule has 1 aliphatic rings. The lowest BCUT2D eigenvalue weighted by molar-refractivity contribution is 0.260. The van der Waals surface area contributed by atoms with Crippen LogP contribution in [0.2, 0.25) is 0 Å². The highest BCUT2D eigenvalue weighted by Gasteiger charge is 2.26. The van der Waals surface area contributed by atoms with Gasteiger partial charge in [-0.2, -0.15) is 0 Å². The number of nitrogens with two attached hydrogens (primary N) is 1. The van der Waals surface area contributed by atoms with Crippen molar-refractivity contribution in [3.63, 3.8) is 0 Å². The van der Waals surface area contributed by atoms with E-state index in [0.717, 1.165) is 5.92 Å². The Bertz CT molecular complexity index is 107. The quantitative estimate of drug-likeness (QED) is 0.648. The Hall–Kier alpha value is -0.0800. The summed E-state index contributed by atoms with van der Waals surface area (Å²) in [6, 6.07) is 1.07. The summed E-state index contributed by atoms with van der Waals surface area (Å²) in [7, 11) is 0. The van der Waals surface area contributed by atoms with E-state index in [1.807, 2.05) is 0 Å². The highest BCUT2D eigenvalue weighted by atomic mass is 15.2. The maximum absolute atomic E-state index is 5.83. The van der Waals surface area contributed by atoms with E-state index >= 15 is 0 Å². The minimum atomic E-state index is 0.374. The topological polar surface area (TPSA) is 29.3 Å². The van der Waals surface area contributed by atoms with Gasteiger partial charge in [0.1, 0.15) is 0 Å². The molecule has 2 nitrogen and oxygen atoms in total. The third kappa shape index (κ3) is 2.17. The lowest BCUT2D eigenvalue weighted by Crippen LogP contribution is -2.32. The standard InChI is InChI=1S/C9H20N2/c1-7(2)11-5-4-9(6-11)8(3)10/h7-9H,4-6,10H2,1-3H3/t8?,9-/m1/s1. The van der Waals surface area contributed by atoms with E-state index in [4.69, 9.17) is 5.73 Å². The predicted octanol–water partition coefficient (Wildman–Crippen LogP) is 1.06. The third-order valence-corrected chi connectivity index (χ3v) is 2.73. The summed E-state index contributed by atoms with van der Waals surface area (Å²) in [6.45, 7) is 9.07. The Morgan fingerprint density at radius 3 is 2.27 bits per heavy atom. The average Bonchev–Trinajstić information content (AvgIpc) is 2.33. The van der Waals surface area contributed by atoms with Crippen LogP contribution in [0.25, 0.3) is 0 Å². The van der Waals surface area contributed by atoms with E-state index in [-0.39, 0.29) is 0 Å². The molecule has 1 saturated heterocycles. The molecule has 2 N–H and O–H groups in total. The second-order valence-electron chi connectivity index (χ2n) is 4.00. The van der Waals surface area contributed by atoms with Crippen LogP contribution in [0.15, 0.2) is 0 Å². The molecule has 1 aliphatic heterocycles. The summed E-state index contributed by atoms with van der Waals surface area (Å²) >= 11 is 0. The Morgan fingerprint density at radius 1 is 1.36 bits per heavy atom. The van der Waals surface area contributed by atoms with E-state index in [2.05, 4.69) is 25.7 Å². The largest absolute Gasteiger partial charge is 0.328 e. The van der Waals surface area contributed by atoms with E-state index in [9.17, 15) is 0 Å². The van der Waals surface area contributed by atoms with E-state index in [0.29, 0.717) is 12.1 Å². The molecule has 0 aromatic rings. The first-order valence-electron chi connectivity index (χ1n) is 4.61. The van der Waals surface area contributed by atoms with Crippen molar-refractivity contribution in [1.82, 2.24) is 4.90 Å². The van der Waals surface area contributed by atoms with Crippen molar-refractivity contribution in [3.8, 4) is 0 Å². The van der Waals surface area contributed by atoms with Crippen LogP contribution in [0.5, 0.6) is 0 Å². The summed E-state index contributed by atoms with van der Waals surface area (Å²) in [5.74, 6) is 0.734.